The molecule has 0 spiro atoms. The molecule has 0 saturated heterocycles. The van der Waals surface area contributed by atoms with E-state index in [1.165, 1.54) is 16.5 Å². The lowest BCUT2D eigenvalue weighted by Crippen LogP contribution is -2.10. The number of hydrogen-bond acceptors (Lipinski definition) is 5. The summed E-state index contributed by atoms with van der Waals surface area (Å²) in [6.07, 6.45) is 5.52. The predicted molar refractivity (Wildman–Crippen MR) is 174 cm³/mol. The molecule has 0 N–H and O–H groups in total. The molecule has 0 radical (unpaired) electrons. The molecule has 0 unspecified atom stereocenters. The van der Waals surface area contributed by atoms with Crippen LogP contribution in [0.2, 0.25) is 0 Å². The lowest BCUT2D eigenvalue weighted by atomic mass is 10.0. The molecule has 0 atom stereocenters. The van der Waals surface area contributed by atoms with E-state index in [0.29, 0.717) is 0 Å². The van der Waals surface area contributed by atoms with Crippen LogP contribution in [0.5, 0.6) is 0 Å². The van der Waals surface area contributed by atoms with Crippen LogP contribution >= 0.6 is 0 Å². The van der Waals surface area contributed by atoms with Gasteiger partial charge >= 0.3 is 0 Å². The first-order valence-corrected chi connectivity index (χ1v) is 14.2. The van der Waals surface area contributed by atoms with Crippen molar-refractivity contribution >= 4 is 71.8 Å². The molecule has 202 valence electrons. The number of pyridine rings is 2. The van der Waals surface area contributed by atoms with E-state index in [1.807, 2.05) is 48.8 Å². The molecule has 0 saturated carbocycles. The smallest absolute Gasteiger partial charge is 0.155 e. The molecular formula is C38H23N3O2. The van der Waals surface area contributed by atoms with Gasteiger partial charge in [-0.05, 0) is 70.4 Å². The number of anilines is 3. The average Bonchev–Trinajstić information content (AvgIpc) is 3.62. The molecule has 4 heterocycles. The van der Waals surface area contributed by atoms with E-state index >= 15 is 0 Å². The number of aromatic nitrogens is 2. The van der Waals surface area contributed by atoms with E-state index in [4.69, 9.17) is 13.8 Å². The fraction of sp³-hybridized carbons (Fsp3) is 0. The van der Waals surface area contributed by atoms with Crippen LogP contribution in [0.3, 0.4) is 0 Å². The van der Waals surface area contributed by atoms with Crippen molar-refractivity contribution in [3.63, 3.8) is 0 Å². The summed E-state index contributed by atoms with van der Waals surface area (Å²) in [4.78, 5) is 11.4. The van der Waals surface area contributed by atoms with Gasteiger partial charge in [0, 0.05) is 52.1 Å². The van der Waals surface area contributed by atoms with E-state index < -0.39 is 0 Å². The predicted octanol–water partition coefficient (Wildman–Crippen LogP) is 10.6. The van der Waals surface area contributed by atoms with Gasteiger partial charge in [0.05, 0.1) is 11.9 Å². The summed E-state index contributed by atoms with van der Waals surface area (Å²) in [5.41, 5.74) is 9.30. The topological polar surface area (TPSA) is 55.3 Å². The number of fused-ring (bicyclic) bond motifs is 7. The van der Waals surface area contributed by atoms with Gasteiger partial charge in [0.15, 0.2) is 5.58 Å². The average molecular weight is 554 g/mol. The zero-order valence-electron chi connectivity index (χ0n) is 22.9. The zero-order valence-corrected chi connectivity index (χ0v) is 22.9. The van der Waals surface area contributed by atoms with E-state index in [2.05, 4.69) is 94.8 Å². The first-order chi connectivity index (χ1) is 21.3. The molecule has 4 aromatic heterocycles. The van der Waals surface area contributed by atoms with Gasteiger partial charge in [0.25, 0.3) is 0 Å². The number of para-hydroxylation sites is 1. The standard InChI is InChI=1S/C38H23N3O2/c1-2-6-24(7-3-1)25-10-11-27-19-28(13-12-26(27)18-25)41(29-14-15-31-33-23-39-17-16-35(33)42-36(31)20-29)30-21-37-38(40-22-30)32-8-4-5-9-34(32)43-37/h1-23H. The third-order valence-corrected chi connectivity index (χ3v) is 8.16. The minimum absolute atomic E-state index is 0.743. The van der Waals surface area contributed by atoms with Crippen molar-refractivity contribution in [3.8, 4) is 11.1 Å². The van der Waals surface area contributed by atoms with Crippen molar-refractivity contribution in [3.05, 3.63) is 140 Å². The van der Waals surface area contributed by atoms with Crippen molar-refractivity contribution < 1.29 is 8.83 Å². The highest BCUT2D eigenvalue weighted by molar-refractivity contribution is 6.06. The van der Waals surface area contributed by atoms with E-state index in [-0.39, 0.29) is 0 Å². The Bertz CT molecular complexity index is 2360. The molecule has 9 rings (SSSR count). The first-order valence-electron chi connectivity index (χ1n) is 14.2. The summed E-state index contributed by atoms with van der Waals surface area (Å²) < 4.78 is 12.5. The summed E-state index contributed by atoms with van der Waals surface area (Å²) in [7, 11) is 0. The first kappa shape index (κ1) is 23.7. The second-order valence-corrected chi connectivity index (χ2v) is 10.7. The molecule has 0 aliphatic carbocycles. The van der Waals surface area contributed by atoms with Crippen LogP contribution in [-0.4, -0.2) is 9.97 Å². The fourth-order valence-electron chi connectivity index (χ4n) is 6.08. The zero-order chi connectivity index (χ0) is 28.3. The fourth-order valence-corrected chi connectivity index (χ4v) is 6.08. The monoisotopic (exact) mass is 553 g/mol. The number of hydrogen-bond donors (Lipinski definition) is 0. The second kappa shape index (κ2) is 9.29. The molecule has 0 amide bonds. The molecule has 0 aliphatic rings. The number of benzene rings is 5. The molecular weight excluding hydrogens is 530 g/mol. The van der Waals surface area contributed by atoms with Crippen LogP contribution in [0, 0.1) is 0 Å². The van der Waals surface area contributed by atoms with Crippen LogP contribution in [0.4, 0.5) is 17.1 Å². The van der Waals surface area contributed by atoms with Gasteiger partial charge in [-0.3, -0.25) is 4.98 Å². The normalized spacial score (nSPS) is 11.7. The lowest BCUT2D eigenvalue weighted by molar-refractivity contribution is 0.668. The Morgan fingerprint density at radius 3 is 2.16 bits per heavy atom. The summed E-state index contributed by atoms with van der Waals surface area (Å²) in [5.74, 6) is 0. The Kier molecular flexibility index (Phi) is 5.13. The highest BCUT2D eigenvalue weighted by Gasteiger charge is 2.18. The molecule has 43 heavy (non-hydrogen) atoms. The minimum Gasteiger partial charge on any atom is -0.456 e. The quantitative estimate of drug-likeness (QED) is 0.217. The van der Waals surface area contributed by atoms with Crippen LogP contribution in [-0.2, 0) is 0 Å². The summed E-state index contributed by atoms with van der Waals surface area (Å²) in [5, 5.41) is 5.37. The van der Waals surface area contributed by atoms with E-state index in [9.17, 15) is 0 Å². The van der Waals surface area contributed by atoms with E-state index in [1.54, 1.807) is 6.20 Å². The van der Waals surface area contributed by atoms with Crippen LogP contribution in [0.25, 0.3) is 65.9 Å². The van der Waals surface area contributed by atoms with Gasteiger partial charge in [0.1, 0.15) is 22.3 Å². The SMILES string of the molecule is c1ccc(-c2ccc3cc(N(c4ccc5c(c4)oc4ccncc45)c4cnc5c(c4)oc4ccccc45)ccc3c2)cc1. The second-order valence-electron chi connectivity index (χ2n) is 10.7. The Balaban J connectivity index is 1.23. The van der Waals surface area contributed by atoms with Crippen molar-refractivity contribution in [2.45, 2.75) is 0 Å². The molecule has 5 aromatic carbocycles. The molecule has 0 aliphatic heterocycles. The maximum atomic E-state index is 6.25. The number of nitrogens with zero attached hydrogens (tertiary/aromatic N) is 3. The third kappa shape index (κ3) is 3.86. The minimum atomic E-state index is 0.743. The molecule has 0 bridgehead atoms. The van der Waals surface area contributed by atoms with E-state index in [0.717, 1.165) is 66.5 Å². The van der Waals surface area contributed by atoms with Gasteiger partial charge in [-0.1, -0.05) is 60.7 Å². The van der Waals surface area contributed by atoms with Crippen molar-refractivity contribution in [1.29, 1.82) is 0 Å². The van der Waals surface area contributed by atoms with Gasteiger partial charge in [-0.2, -0.15) is 0 Å². The molecule has 5 heteroatoms. The number of rotatable bonds is 4. The van der Waals surface area contributed by atoms with Crippen LogP contribution in [0.1, 0.15) is 0 Å². The van der Waals surface area contributed by atoms with Crippen LogP contribution < -0.4 is 4.90 Å². The van der Waals surface area contributed by atoms with Gasteiger partial charge in [0.2, 0.25) is 0 Å². The summed E-state index contributed by atoms with van der Waals surface area (Å²) in [6.45, 7) is 0. The maximum absolute atomic E-state index is 6.25. The number of furan rings is 2. The largest absolute Gasteiger partial charge is 0.456 e. The van der Waals surface area contributed by atoms with Crippen molar-refractivity contribution in [2.75, 3.05) is 4.90 Å². The Hall–Kier alpha value is -5.94. The van der Waals surface area contributed by atoms with Gasteiger partial charge in [-0.15, -0.1) is 0 Å². The highest BCUT2D eigenvalue weighted by atomic mass is 16.3. The molecule has 5 nitrogen and oxygen atoms in total. The van der Waals surface area contributed by atoms with Gasteiger partial charge < -0.3 is 13.7 Å². The Morgan fingerprint density at radius 1 is 0.465 bits per heavy atom. The highest BCUT2D eigenvalue weighted by Crippen LogP contribution is 2.41. The lowest BCUT2D eigenvalue weighted by Gasteiger charge is -2.25. The van der Waals surface area contributed by atoms with Gasteiger partial charge in [-0.25, -0.2) is 4.98 Å². The van der Waals surface area contributed by atoms with Crippen LogP contribution in [0.15, 0.2) is 149 Å². The summed E-state index contributed by atoms with van der Waals surface area (Å²) >= 11 is 0. The van der Waals surface area contributed by atoms with Crippen molar-refractivity contribution in [2.24, 2.45) is 0 Å². The molecule has 9 aromatic rings. The maximum Gasteiger partial charge on any atom is 0.155 e. The Morgan fingerprint density at radius 2 is 1.21 bits per heavy atom. The third-order valence-electron chi connectivity index (χ3n) is 8.16. The molecule has 0 fully saturated rings. The Labute approximate surface area is 246 Å². The van der Waals surface area contributed by atoms with Crippen molar-refractivity contribution in [1.82, 2.24) is 9.97 Å². The summed E-state index contributed by atoms with van der Waals surface area (Å²) in [6, 6.07) is 41.9.